The molecule has 2 aliphatic carbocycles. The van der Waals surface area contributed by atoms with Gasteiger partial charge in [0, 0.05) is 16.1 Å². The summed E-state index contributed by atoms with van der Waals surface area (Å²) in [6.45, 7) is 0. The summed E-state index contributed by atoms with van der Waals surface area (Å²) in [5.41, 5.74) is 3.72. The zero-order chi connectivity index (χ0) is 14.8. The maximum atomic E-state index is 2.43. The van der Waals surface area contributed by atoms with Gasteiger partial charge in [0.15, 0.2) is 0 Å². The van der Waals surface area contributed by atoms with Gasteiger partial charge in [0.2, 0.25) is 0 Å². The molecule has 114 valence electrons. The average Bonchev–Trinajstić information content (AvgIpc) is 2.61. The van der Waals surface area contributed by atoms with E-state index in [1.807, 2.05) is 0 Å². The van der Waals surface area contributed by atoms with Gasteiger partial charge in [-0.2, -0.15) is 0 Å². The Morgan fingerprint density at radius 2 is 1.73 bits per heavy atom. The van der Waals surface area contributed by atoms with Crippen molar-refractivity contribution in [2.75, 3.05) is 5.75 Å². The predicted octanol–water partition coefficient (Wildman–Crippen LogP) is 5.85. The Morgan fingerprint density at radius 3 is 2.64 bits per heavy atom. The molecule has 1 saturated carbocycles. The van der Waals surface area contributed by atoms with E-state index >= 15 is 0 Å². The summed E-state index contributed by atoms with van der Waals surface area (Å²) < 4.78 is 0. The molecule has 22 heavy (non-hydrogen) atoms. The van der Waals surface area contributed by atoms with Crippen LogP contribution in [0.15, 0.2) is 59.5 Å². The Bertz CT molecular complexity index is 633. The Hall–Kier alpha value is -1.21. The molecule has 0 heterocycles. The lowest BCUT2D eigenvalue weighted by atomic mass is 9.58. The Labute approximate surface area is 138 Å². The van der Waals surface area contributed by atoms with Crippen molar-refractivity contribution >= 4 is 11.8 Å². The van der Waals surface area contributed by atoms with Crippen LogP contribution in [0, 0.1) is 5.92 Å². The summed E-state index contributed by atoms with van der Waals surface area (Å²) in [6.07, 6.45) is 8.34. The molecule has 2 atom stereocenters. The first-order valence-corrected chi connectivity index (χ1v) is 9.63. The summed E-state index contributed by atoms with van der Waals surface area (Å²) >= 11 is 2.07. The second-order valence-electron chi connectivity index (χ2n) is 6.90. The maximum Gasteiger partial charge on any atom is 0.00801 e. The molecule has 2 aliphatic rings. The number of rotatable bonds is 3. The van der Waals surface area contributed by atoms with Crippen molar-refractivity contribution in [3.8, 4) is 0 Å². The molecule has 0 bridgehead atoms. The molecule has 0 amide bonds. The van der Waals surface area contributed by atoms with E-state index in [2.05, 4.69) is 66.4 Å². The van der Waals surface area contributed by atoms with Crippen molar-refractivity contribution in [1.29, 1.82) is 0 Å². The second kappa shape index (κ2) is 6.12. The van der Waals surface area contributed by atoms with Gasteiger partial charge in [0.05, 0.1) is 0 Å². The minimum absolute atomic E-state index is 0.424. The largest absolute Gasteiger partial charge is 0.125 e. The van der Waals surface area contributed by atoms with Crippen LogP contribution >= 0.6 is 11.8 Å². The molecular weight excluding hydrogens is 284 g/mol. The van der Waals surface area contributed by atoms with Crippen LogP contribution in [0.25, 0.3) is 0 Å². The molecule has 0 unspecified atom stereocenters. The molecule has 2 aromatic rings. The van der Waals surface area contributed by atoms with E-state index in [9.17, 15) is 0 Å². The van der Waals surface area contributed by atoms with Crippen molar-refractivity contribution in [2.45, 2.75) is 48.8 Å². The lowest BCUT2D eigenvalue weighted by molar-refractivity contribution is 0.183. The van der Waals surface area contributed by atoms with E-state index in [-0.39, 0.29) is 0 Å². The number of fused-ring (bicyclic) bond motifs is 3. The van der Waals surface area contributed by atoms with Crippen molar-refractivity contribution in [3.63, 3.8) is 0 Å². The second-order valence-corrected chi connectivity index (χ2v) is 7.95. The minimum atomic E-state index is 0.424. The molecule has 1 fully saturated rings. The highest BCUT2D eigenvalue weighted by atomic mass is 32.2. The summed E-state index contributed by atoms with van der Waals surface area (Å²) in [4.78, 5) is 1.42. The zero-order valence-electron chi connectivity index (χ0n) is 13.1. The molecule has 0 N–H and O–H groups in total. The van der Waals surface area contributed by atoms with Crippen LogP contribution in [0.2, 0.25) is 0 Å². The molecule has 0 radical (unpaired) electrons. The molecule has 0 saturated heterocycles. The van der Waals surface area contributed by atoms with Gasteiger partial charge in [-0.3, -0.25) is 0 Å². The molecule has 2 aromatic carbocycles. The van der Waals surface area contributed by atoms with Crippen LogP contribution in [0.3, 0.4) is 0 Å². The third-order valence-corrected chi connectivity index (χ3v) is 7.03. The van der Waals surface area contributed by atoms with E-state index in [0.29, 0.717) is 5.41 Å². The molecule has 0 aliphatic heterocycles. The number of aryl methyl sites for hydroxylation is 1. The Kier molecular flexibility index (Phi) is 4.00. The van der Waals surface area contributed by atoms with Crippen molar-refractivity contribution < 1.29 is 0 Å². The smallest absolute Gasteiger partial charge is 0.00801 e. The van der Waals surface area contributed by atoms with Crippen molar-refractivity contribution in [1.82, 2.24) is 0 Å². The van der Waals surface area contributed by atoms with E-state index in [0.717, 1.165) is 5.92 Å². The van der Waals surface area contributed by atoms with Crippen LogP contribution in [-0.4, -0.2) is 5.75 Å². The van der Waals surface area contributed by atoms with Crippen LogP contribution < -0.4 is 0 Å². The molecule has 0 nitrogen and oxygen atoms in total. The standard InChI is InChI=1S/C21H24S/c1-2-10-19(11-3-1)22-16-21-15-7-6-9-18(21)14-13-17-8-4-5-12-20(17)21/h1-5,8,10-12,18H,6-7,9,13-16H2/t18-,21+/m1/s1. The summed E-state index contributed by atoms with van der Waals surface area (Å²) in [6, 6.07) is 20.2. The quantitative estimate of drug-likeness (QED) is 0.641. The van der Waals surface area contributed by atoms with Crippen molar-refractivity contribution in [2.24, 2.45) is 5.92 Å². The fraction of sp³-hybridized carbons (Fsp3) is 0.429. The third kappa shape index (κ3) is 2.50. The average molecular weight is 308 g/mol. The highest BCUT2D eigenvalue weighted by molar-refractivity contribution is 7.99. The number of benzene rings is 2. The molecule has 0 spiro atoms. The Balaban J connectivity index is 1.68. The predicted molar refractivity (Wildman–Crippen MR) is 95.6 cm³/mol. The van der Waals surface area contributed by atoms with Crippen LogP contribution in [0.4, 0.5) is 0 Å². The van der Waals surface area contributed by atoms with Gasteiger partial charge in [-0.1, -0.05) is 55.3 Å². The highest BCUT2D eigenvalue weighted by Gasteiger charge is 2.45. The van der Waals surface area contributed by atoms with E-state index < -0.39 is 0 Å². The molecule has 0 aromatic heterocycles. The highest BCUT2D eigenvalue weighted by Crippen LogP contribution is 2.52. The molecular formula is C21H24S. The van der Waals surface area contributed by atoms with Gasteiger partial charge < -0.3 is 0 Å². The molecule has 4 rings (SSSR count). The van der Waals surface area contributed by atoms with Gasteiger partial charge in [-0.05, 0) is 54.9 Å². The van der Waals surface area contributed by atoms with Crippen LogP contribution in [0.1, 0.15) is 43.2 Å². The lowest BCUT2D eigenvalue weighted by Gasteiger charge is -2.48. The lowest BCUT2D eigenvalue weighted by Crippen LogP contribution is -2.44. The van der Waals surface area contributed by atoms with Crippen LogP contribution in [-0.2, 0) is 11.8 Å². The normalized spacial score (nSPS) is 27.0. The summed E-state index contributed by atoms with van der Waals surface area (Å²) in [7, 11) is 0. The van der Waals surface area contributed by atoms with Gasteiger partial charge in [0.25, 0.3) is 0 Å². The summed E-state index contributed by atoms with van der Waals surface area (Å²) in [5.74, 6) is 2.14. The van der Waals surface area contributed by atoms with Gasteiger partial charge in [-0.25, -0.2) is 0 Å². The first-order valence-electron chi connectivity index (χ1n) is 8.65. The Morgan fingerprint density at radius 1 is 0.909 bits per heavy atom. The topological polar surface area (TPSA) is 0 Å². The SMILES string of the molecule is c1ccc(SC[C@@]23CCCC[C@@H]2CCc2ccccc23)cc1. The first-order chi connectivity index (χ1) is 10.9. The fourth-order valence-corrected chi connectivity index (χ4v) is 5.95. The van der Waals surface area contributed by atoms with Gasteiger partial charge in [0.1, 0.15) is 0 Å². The summed E-state index contributed by atoms with van der Waals surface area (Å²) in [5, 5.41) is 0. The number of hydrogen-bond donors (Lipinski definition) is 0. The number of hydrogen-bond acceptors (Lipinski definition) is 1. The third-order valence-electron chi connectivity index (χ3n) is 5.76. The first kappa shape index (κ1) is 14.4. The monoisotopic (exact) mass is 308 g/mol. The fourth-order valence-electron chi connectivity index (χ4n) is 4.64. The van der Waals surface area contributed by atoms with Gasteiger partial charge >= 0.3 is 0 Å². The minimum Gasteiger partial charge on any atom is -0.125 e. The number of thioether (sulfide) groups is 1. The maximum absolute atomic E-state index is 2.43. The van der Waals surface area contributed by atoms with Crippen LogP contribution in [0.5, 0.6) is 0 Å². The van der Waals surface area contributed by atoms with Crippen molar-refractivity contribution in [3.05, 3.63) is 65.7 Å². The van der Waals surface area contributed by atoms with E-state index in [4.69, 9.17) is 0 Å². The van der Waals surface area contributed by atoms with Gasteiger partial charge in [-0.15, -0.1) is 11.8 Å². The molecule has 1 heteroatoms. The zero-order valence-corrected chi connectivity index (χ0v) is 13.9. The van der Waals surface area contributed by atoms with E-state index in [1.54, 1.807) is 11.1 Å². The van der Waals surface area contributed by atoms with E-state index in [1.165, 1.54) is 49.2 Å².